The minimum absolute atomic E-state index is 0.298. The van der Waals surface area contributed by atoms with E-state index in [2.05, 4.69) is 15.6 Å². The van der Waals surface area contributed by atoms with Gasteiger partial charge in [-0.15, -0.1) is 0 Å². The zero-order valence-corrected chi connectivity index (χ0v) is 14.2. The number of carbonyl (C=O) groups is 1. The lowest BCUT2D eigenvalue weighted by Crippen LogP contribution is -2.39. The van der Waals surface area contributed by atoms with Gasteiger partial charge < -0.3 is 20.1 Å². The summed E-state index contributed by atoms with van der Waals surface area (Å²) in [7, 11) is 0. The van der Waals surface area contributed by atoms with Gasteiger partial charge in [-0.1, -0.05) is 12.1 Å². The summed E-state index contributed by atoms with van der Waals surface area (Å²) in [5.41, 5.74) is 1.58. The molecule has 6 heteroatoms. The molecule has 0 amide bonds. The van der Waals surface area contributed by atoms with Crippen LogP contribution in [0.25, 0.3) is 0 Å². The first kappa shape index (κ1) is 19.0. The fourth-order valence-electron chi connectivity index (χ4n) is 1.86. The Balaban J connectivity index is 2.55. The molecule has 6 nitrogen and oxygen atoms in total. The number of carbonyl (C=O) groups excluding carboxylic acids is 1. The summed E-state index contributed by atoms with van der Waals surface area (Å²) in [6.07, 6.45) is 0. The highest BCUT2D eigenvalue weighted by Crippen LogP contribution is 2.07. The monoisotopic (exact) mass is 321 g/mol. The summed E-state index contributed by atoms with van der Waals surface area (Å²) < 4.78 is 10.3. The second-order valence-electron chi connectivity index (χ2n) is 4.74. The molecule has 0 atom stereocenters. The Kier molecular flexibility index (Phi) is 9.47. The van der Waals surface area contributed by atoms with Crippen LogP contribution in [0.15, 0.2) is 29.3 Å². The van der Waals surface area contributed by atoms with E-state index in [-0.39, 0.29) is 5.97 Å². The Morgan fingerprint density at radius 3 is 2.43 bits per heavy atom. The Hall–Kier alpha value is -2.08. The van der Waals surface area contributed by atoms with Crippen molar-refractivity contribution in [3.8, 4) is 0 Å². The zero-order chi connectivity index (χ0) is 16.9. The lowest BCUT2D eigenvalue weighted by Gasteiger charge is -2.11. The average Bonchev–Trinajstić information content (AvgIpc) is 2.57. The molecule has 0 bridgehead atoms. The molecule has 0 radical (unpaired) electrons. The largest absolute Gasteiger partial charge is 0.462 e. The number of benzene rings is 1. The molecule has 0 aliphatic heterocycles. The van der Waals surface area contributed by atoms with Gasteiger partial charge in [-0.05, 0) is 38.5 Å². The van der Waals surface area contributed by atoms with Crippen molar-refractivity contribution in [1.29, 1.82) is 0 Å². The van der Waals surface area contributed by atoms with Crippen molar-refractivity contribution in [2.45, 2.75) is 27.3 Å². The summed E-state index contributed by atoms with van der Waals surface area (Å²) in [6, 6.07) is 7.30. The van der Waals surface area contributed by atoms with Crippen molar-refractivity contribution >= 4 is 11.9 Å². The molecule has 0 spiro atoms. The molecular weight excluding hydrogens is 294 g/mol. The van der Waals surface area contributed by atoms with Crippen molar-refractivity contribution in [3.63, 3.8) is 0 Å². The summed E-state index contributed by atoms with van der Waals surface area (Å²) in [5.74, 6) is 0.454. The van der Waals surface area contributed by atoms with Crippen molar-refractivity contribution in [2.75, 3.05) is 32.9 Å². The summed E-state index contributed by atoms with van der Waals surface area (Å²) in [5, 5.41) is 6.40. The molecule has 0 saturated carbocycles. The standard InChI is InChI=1S/C17H27N3O3/c1-4-18-17(19-11-12-22-5-2)20-13-14-7-9-15(10-8-14)16(21)23-6-3/h7-10H,4-6,11-13H2,1-3H3,(H2,18,19,20). The number of ether oxygens (including phenoxy) is 2. The first-order chi connectivity index (χ1) is 11.2. The highest BCUT2D eigenvalue weighted by atomic mass is 16.5. The Labute approximate surface area is 138 Å². The first-order valence-corrected chi connectivity index (χ1v) is 8.07. The van der Waals surface area contributed by atoms with Crippen molar-refractivity contribution < 1.29 is 14.3 Å². The van der Waals surface area contributed by atoms with Gasteiger partial charge in [-0.3, -0.25) is 0 Å². The van der Waals surface area contributed by atoms with E-state index in [1.807, 2.05) is 26.0 Å². The lowest BCUT2D eigenvalue weighted by atomic mass is 10.1. The van der Waals surface area contributed by atoms with Gasteiger partial charge in [0, 0.05) is 19.7 Å². The number of aliphatic imine (C=N–C) groups is 1. The highest BCUT2D eigenvalue weighted by molar-refractivity contribution is 5.89. The molecule has 2 N–H and O–H groups in total. The van der Waals surface area contributed by atoms with Crippen molar-refractivity contribution in [1.82, 2.24) is 10.6 Å². The molecule has 0 saturated heterocycles. The first-order valence-electron chi connectivity index (χ1n) is 8.07. The van der Waals surface area contributed by atoms with Crippen LogP contribution in [0.4, 0.5) is 0 Å². The number of rotatable bonds is 9. The van der Waals surface area contributed by atoms with Crippen LogP contribution in [0.5, 0.6) is 0 Å². The fourth-order valence-corrected chi connectivity index (χ4v) is 1.86. The second-order valence-corrected chi connectivity index (χ2v) is 4.74. The van der Waals surface area contributed by atoms with Crippen LogP contribution in [0.2, 0.25) is 0 Å². The Morgan fingerprint density at radius 1 is 1.09 bits per heavy atom. The van der Waals surface area contributed by atoms with E-state index in [1.54, 1.807) is 19.1 Å². The number of esters is 1. The normalized spacial score (nSPS) is 11.2. The number of guanidine groups is 1. The SMILES string of the molecule is CCNC(=NCc1ccc(C(=O)OCC)cc1)NCCOCC. The van der Waals surface area contributed by atoms with Crippen LogP contribution in [-0.4, -0.2) is 44.8 Å². The molecule has 0 aromatic heterocycles. The number of nitrogens with one attached hydrogen (secondary N) is 2. The topological polar surface area (TPSA) is 72.0 Å². The molecule has 0 heterocycles. The number of nitrogens with zero attached hydrogens (tertiary/aromatic N) is 1. The molecule has 1 rings (SSSR count). The third-order valence-electron chi connectivity index (χ3n) is 2.97. The van der Waals surface area contributed by atoms with Crippen LogP contribution in [0, 0.1) is 0 Å². The average molecular weight is 321 g/mol. The van der Waals surface area contributed by atoms with Crippen LogP contribution >= 0.6 is 0 Å². The molecule has 128 valence electrons. The second kappa shape index (κ2) is 11.5. The summed E-state index contributed by atoms with van der Waals surface area (Å²) in [6.45, 7) is 9.56. The van der Waals surface area contributed by atoms with Gasteiger partial charge in [0.2, 0.25) is 0 Å². The van der Waals surface area contributed by atoms with E-state index in [9.17, 15) is 4.79 Å². The van der Waals surface area contributed by atoms with E-state index in [1.165, 1.54) is 0 Å². The molecular formula is C17H27N3O3. The minimum Gasteiger partial charge on any atom is -0.462 e. The minimum atomic E-state index is -0.298. The predicted molar refractivity (Wildman–Crippen MR) is 91.7 cm³/mol. The molecule has 1 aromatic carbocycles. The van der Waals surface area contributed by atoms with E-state index in [4.69, 9.17) is 9.47 Å². The van der Waals surface area contributed by atoms with Gasteiger partial charge in [0.25, 0.3) is 0 Å². The van der Waals surface area contributed by atoms with E-state index < -0.39 is 0 Å². The quantitative estimate of drug-likeness (QED) is 0.315. The van der Waals surface area contributed by atoms with Gasteiger partial charge in [-0.2, -0.15) is 0 Å². The zero-order valence-electron chi connectivity index (χ0n) is 14.2. The molecule has 0 aliphatic carbocycles. The van der Waals surface area contributed by atoms with Gasteiger partial charge in [-0.25, -0.2) is 9.79 Å². The third kappa shape index (κ3) is 7.65. The molecule has 0 fully saturated rings. The van der Waals surface area contributed by atoms with Crippen LogP contribution in [-0.2, 0) is 16.0 Å². The number of hydrogen-bond donors (Lipinski definition) is 2. The van der Waals surface area contributed by atoms with E-state index >= 15 is 0 Å². The molecule has 23 heavy (non-hydrogen) atoms. The van der Waals surface area contributed by atoms with Gasteiger partial charge in [0.05, 0.1) is 25.3 Å². The van der Waals surface area contributed by atoms with Crippen LogP contribution < -0.4 is 10.6 Å². The van der Waals surface area contributed by atoms with Crippen LogP contribution in [0.3, 0.4) is 0 Å². The smallest absolute Gasteiger partial charge is 0.338 e. The fraction of sp³-hybridized carbons (Fsp3) is 0.529. The maximum atomic E-state index is 11.6. The maximum absolute atomic E-state index is 11.6. The molecule has 1 aromatic rings. The Morgan fingerprint density at radius 2 is 1.83 bits per heavy atom. The molecule has 0 unspecified atom stereocenters. The summed E-state index contributed by atoms with van der Waals surface area (Å²) in [4.78, 5) is 16.1. The van der Waals surface area contributed by atoms with Crippen molar-refractivity contribution in [2.24, 2.45) is 4.99 Å². The third-order valence-corrected chi connectivity index (χ3v) is 2.97. The van der Waals surface area contributed by atoms with E-state index in [0.29, 0.717) is 38.5 Å². The van der Waals surface area contributed by atoms with Crippen LogP contribution in [0.1, 0.15) is 36.7 Å². The molecule has 0 aliphatic rings. The predicted octanol–water partition coefficient (Wildman–Crippen LogP) is 1.95. The van der Waals surface area contributed by atoms with E-state index in [0.717, 1.165) is 18.1 Å². The van der Waals surface area contributed by atoms with Gasteiger partial charge >= 0.3 is 5.97 Å². The van der Waals surface area contributed by atoms with Gasteiger partial charge in [0.1, 0.15) is 0 Å². The number of hydrogen-bond acceptors (Lipinski definition) is 4. The van der Waals surface area contributed by atoms with Gasteiger partial charge in [0.15, 0.2) is 5.96 Å². The lowest BCUT2D eigenvalue weighted by molar-refractivity contribution is 0.0526. The highest BCUT2D eigenvalue weighted by Gasteiger charge is 2.05. The maximum Gasteiger partial charge on any atom is 0.338 e. The van der Waals surface area contributed by atoms with Crippen molar-refractivity contribution in [3.05, 3.63) is 35.4 Å². The summed E-state index contributed by atoms with van der Waals surface area (Å²) >= 11 is 0. The Bertz CT molecular complexity index is 486.